The van der Waals surface area contributed by atoms with Crippen molar-refractivity contribution in [1.82, 2.24) is 0 Å². The Morgan fingerprint density at radius 2 is 1.09 bits per heavy atom. The van der Waals surface area contributed by atoms with Crippen molar-refractivity contribution in [1.29, 1.82) is 0 Å². The van der Waals surface area contributed by atoms with Gasteiger partial charge in [-0.1, -0.05) is 0 Å². The van der Waals surface area contributed by atoms with Gasteiger partial charge in [0.2, 0.25) is 0 Å². The zero-order valence-electron chi connectivity index (χ0n) is 20.2. The summed E-state index contributed by atoms with van der Waals surface area (Å²) in [5.74, 6) is 1.56. The van der Waals surface area contributed by atoms with Gasteiger partial charge in [-0.3, -0.25) is 0 Å². The second-order valence-electron chi connectivity index (χ2n) is 10.2. The topological polar surface area (TPSA) is 43.2 Å². The van der Waals surface area contributed by atoms with Gasteiger partial charge in [0.1, 0.15) is 0 Å². The molecular formula is C29H32N2O2Sn. The number of rotatable bonds is 7. The van der Waals surface area contributed by atoms with E-state index in [4.69, 9.17) is 19.5 Å². The Kier molecular flexibility index (Phi) is 6.77. The summed E-state index contributed by atoms with van der Waals surface area (Å²) in [5, 5.41) is 0. The summed E-state index contributed by atoms with van der Waals surface area (Å²) in [6, 6.07) is 27.8. The SMILES string of the molecule is [CH3][Sn]([CH3])([CH3])[c]1c(C2=N[C@@H](Cc3ccccc3)CO2)cccc1C1=N[C@@H](Cc2ccccc2)CO1. The van der Waals surface area contributed by atoms with E-state index in [1.807, 2.05) is 0 Å². The maximum atomic E-state index is 6.18. The first-order chi connectivity index (χ1) is 16.5. The van der Waals surface area contributed by atoms with Crippen molar-refractivity contribution in [2.24, 2.45) is 9.98 Å². The summed E-state index contributed by atoms with van der Waals surface area (Å²) in [6.07, 6.45) is 1.80. The number of ether oxygens (including phenoxy) is 2. The van der Waals surface area contributed by atoms with Crippen LogP contribution >= 0.6 is 0 Å². The van der Waals surface area contributed by atoms with Crippen LogP contribution < -0.4 is 3.58 Å². The van der Waals surface area contributed by atoms with Crippen LogP contribution in [0.5, 0.6) is 0 Å². The Hall–Kier alpha value is -2.60. The van der Waals surface area contributed by atoms with E-state index >= 15 is 0 Å². The zero-order valence-corrected chi connectivity index (χ0v) is 23.1. The normalized spacial score (nSPS) is 19.9. The average molecular weight is 559 g/mol. The van der Waals surface area contributed by atoms with Gasteiger partial charge >= 0.3 is 207 Å². The number of hydrogen-bond acceptors (Lipinski definition) is 4. The Morgan fingerprint density at radius 3 is 1.50 bits per heavy atom. The van der Waals surface area contributed by atoms with Gasteiger partial charge in [-0.05, 0) is 0 Å². The van der Waals surface area contributed by atoms with E-state index in [0.717, 1.165) is 35.8 Å². The molecule has 5 heteroatoms. The van der Waals surface area contributed by atoms with Gasteiger partial charge in [-0.2, -0.15) is 0 Å². The van der Waals surface area contributed by atoms with Gasteiger partial charge in [0.05, 0.1) is 0 Å². The van der Waals surface area contributed by atoms with Crippen LogP contribution in [0.3, 0.4) is 0 Å². The minimum atomic E-state index is -2.61. The molecule has 0 saturated heterocycles. The predicted molar refractivity (Wildman–Crippen MR) is 142 cm³/mol. The molecule has 0 aromatic heterocycles. The fourth-order valence-corrected chi connectivity index (χ4v) is 10.5. The molecule has 0 N–H and O–H groups in total. The van der Waals surface area contributed by atoms with E-state index in [0.29, 0.717) is 13.2 Å². The molecule has 0 aliphatic carbocycles. The van der Waals surface area contributed by atoms with Crippen LogP contribution in [0.4, 0.5) is 0 Å². The quantitative estimate of drug-likeness (QED) is 0.383. The third kappa shape index (κ3) is 5.22. The molecule has 2 aliphatic heterocycles. The van der Waals surface area contributed by atoms with Gasteiger partial charge in [-0.15, -0.1) is 0 Å². The summed E-state index contributed by atoms with van der Waals surface area (Å²) >= 11 is -2.61. The minimum absolute atomic E-state index is 0.152. The average Bonchev–Trinajstić information content (AvgIpc) is 3.49. The van der Waals surface area contributed by atoms with Crippen molar-refractivity contribution in [2.75, 3.05) is 13.2 Å². The molecule has 0 bridgehead atoms. The fourth-order valence-electron chi connectivity index (χ4n) is 4.82. The van der Waals surface area contributed by atoms with Crippen LogP contribution in [0.15, 0.2) is 88.8 Å². The Morgan fingerprint density at radius 1 is 0.647 bits per heavy atom. The zero-order chi connectivity index (χ0) is 23.5. The van der Waals surface area contributed by atoms with Gasteiger partial charge in [-0.25, -0.2) is 0 Å². The van der Waals surface area contributed by atoms with Crippen LogP contribution in [-0.4, -0.2) is 55.5 Å². The molecule has 2 atom stereocenters. The van der Waals surface area contributed by atoms with Crippen molar-refractivity contribution in [2.45, 2.75) is 39.7 Å². The molecular weight excluding hydrogens is 527 g/mol. The van der Waals surface area contributed by atoms with E-state index in [9.17, 15) is 0 Å². The molecule has 3 aromatic carbocycles. The van der Waals surface area contributed by atoms with E-state index in [1.54, 1.807) is 0 Å². The predicted octanol–water partition coefficient (Wildman–Crippen LogP) is 5.01. The maximum absolute atomic E-state index is 6.18. The van der Waals surface area contributed by atoms with E-state index in [1.165, 1.54) is 14.7 Å². The molecule has 0 amide bonds. The third-order valence-electron chi connectivity index (χ3n) is 6.33. The molecule has 0 fully saturated rings. The Labute approximate surface area is 206 Å². The first kappa shape index (κ1) is 23.2. The summed E-state index contributed by atoms with van der Waals surface area (Å²) in [4.78, 5) is 17.3. The molecule has 0 spiro atoms. The Balaban J connectivity index is 1.44. The summed E-state index contributed by atoms with van der Waals surface area (Å²) in [7, 11) is 0. The van der Waals surface area contributed by atoms with Crippen molar-refractivity contribution in [3.05, 3.63) is 101 Å². The first-order valence-electron chi connectivity index (χ1n) is 12.1. The standard InChI is InChI=1S/C26H23N2O2.3CH3.Sn/c1-3-8-19(9-4-1)14-23-17-29-25(27-23)21-12-7-13-22(16-21)26-28-24(18-30-26)15-20-10-5-2-6-11-20;;;;/h1-13,23-24H,14-15,17-18H2;3*1H3;/t23-,24-;;;;/m0..../s1. The van der Waals surface area contributed by atoms with Crippen LogP contribution in [-0.2, 0) is 22.3 Å². The Bertz CT molecular complexity index is 1110. The van der Waals surface area contributed by atoms with Gasteiger partial charge < -0.3 is 0 Å². The number of aliphatic imine (C=N–C) groups is 2. The summed E-state index contributed by atoms with van der Waals surface area (Å²) < 4.78 is 13.7. The van der Waals surface area contributed by atoms with Crippen LogP contribution in [0, 0.1) is 0 Å². The van der Waals surface area contributed by atoms with Crippen LogP contribution in [0.25, 0.3) is 0 Å². The summed E-state index contributed by atoms with van der Waals surface area (Å²) in [5.41, 5.74) is 4.86. The molecule has 2 aliphatic rings. The molecule has 4 nitrogen and oxygen atoms in total. The first-order valence-corrected chi connectivity index (χ1v) is 22.1. The van der Waals surface area contributed by atoms with E-state index in [-0.39, 0.29) is 12.1 Å². The molecule has 3 aromatic rings. The molecule has 0 radical (unpaired) electrons. The molecule has 5 rings (SSSR count). The van der Waals surface area contributed by atoms with Gasteiger partial charge in [0, 0.05) is 0 Å². The summed E-state index contributed by atoms with van der Waals surface area (Å²) in [6.45, 7) is 1.26. The fraction of sp³-hybridized carbons (Fsp3) is 0.310. The van der Waals surface area contributed by atoms with E-state index in [2.05, 4.69) is 93.7 Å². The third-order valence-corrected chi connectivity index (χ3v) is 12.1. The van der Waals surface area contributed by atoms with Crippen molar-refractivity contribution < 1.29 is 9.47 Å². The van der Waals surface area contributed by atoms with Gasteiger partial charge in [0.25, 0.3) is 0 Å². The second kappa shape index (κ2) is 9.95. The second-order valence-corrected chi connectivity index (χ2v) is 24.4. The van der Waals surface area contributed by atoms with Crippen molar-refractivity contribution in [3.63, 3.8) is 0 Å². The van der Waals surface area contributed by atoms with Crippen LogP contribution in [0.1, 0.15) is 22.3 Å². The number of nitrogens with zero attached hydrogens (tertiary/aromatic N) is 2. The van der Waals surface area contributed by atoms with Crippen molar-refractivity contribution >= 4 is 33.8 Å². The molecule has 0 saturated carbocycles. The molecule has 0 unspecified atom stereocenters. The molecule has 2 heterocycles. The van der Waals surface area contributed by atoms with Gasteiger partial charge in [0.15, 0.2) is 0 Å². The number of hydrogen-bond donors (Lipinski definition) is 0. The van der Waals surface area contributed by atoms with Crippen LogP contribution in [0.2, 0.25) is 14.8 Å². The number of benzene rings is 3. The molecule has 34 heavy (non-hydrogen) atoms. The molecule has 174 valence electrons. The van der Waals surface area contributed by atoms with Crippen molar-refractivity contribution in [3.8, 4) is 0 Å². The monoisotopic (exact) mass is 560 g/mol. The van der Waals surface area contributed by atoms with E-state index < -0.39 is 18.4 Å².